The zero-order valence-electron chi connectivity index (χ0n) is 16.3. The van der Waals surface area contributed by atoms with Crippen LogP contribution in [0.2, 0.25) is 5.02 Å². The minimum atomic E-state index is -5.12. The average Bonchev–Trinajstić information content (AvgIpc) is 3.11. The number of anilines is 1. The van der Waals surface area contributed by atoms with E-state index in [2.05, 4.69) is 20.5 Å². The second-order valence-electron chi connectivity index (χ2n) is 7.68. The number of nitrogens with zero attached hydrogens (tertiary/aromatic N) is 3. The van der Waals surface area contributed by atoms with E-state index < -0.39 is 46.7 Å². The van der Waals surface area contributed by atoms with Crippen LogP contribution in [0.15, 0.2) is 30.7 Å². The highest BCUT2D eigenvalue weighted by Gasteiger charge is 2.44. The van der Waals surface area contributed by atoms with E-state index in [4.69, 9.17) is 11.6 Å². The fraction of sp³-hybridized carbons (Fsp3) is 0.250. The van der Waals surface area contributed by atoms with Gasteiger partial charge in [-0.15, -0.1) is 0 Å². The molecule has 33 heavy (non-hydrogen) atoms. The van der Waals surface area contributed by atoms with Gasteiger partial charge in [0.1, 0.15) is 11.8 Å². The van der Waals surface area contributed by atoms with Gasteiger partial charge in [-0.3, -0.25) is 9.89 Å². The Kier molecular flexibility index (Phi) is 4.83. The van der Waals surface area contributed by atoms with Gasteiger partial charge in [0.15, 0.2) is 17.7 Å². The molecule has 1 aromatic carbocycles. The Morgan fingerprint density at radius 3 is 2.73 bits per heavy atom. The predicted octanol–water partition coefficient (Wildman–Crippen LogP) is 4.56. The van der Waals surface area contributed by atoms with Crippen molar-refractivity contribution in [2.45, 2.75) is 24.9 Å². The van der Waals surface area contributed by atoms with E-state index in [-0.39, 0.29) is 28.7 Å². The third-order valence-electron chi connectivity index (χ3n) is 5.45. The van der Waals surface area contributed by atoms with Crippen molar-refractivity contribution in [3.63, 3.8) is 0 Å². The molecule has 3 heterocycles. The number of aromatic amines is 1. The van der Waals surface area contributed by atoms with Crippen LogP contribution in [0.3, 0.4) is 0 Å². The fourth-order valence-electron chi connectivity index (χ4n) is 3.69. The Morgan fingerprint density at radius 1 is 1.33 bits per heavy atom. The monoisotopic (exact) mass is 485 g/mol. The van der Waals surface area contributed by atoms with Gasteiger partial charge in [-0.1, -0.05) is 11.6 Å². The number of hydrogen-bond acceptors (Lipinski definition) is 4. The molecule has 13 heteroatoms. The molecule has 3 aromatic heterocycles. The molecule has 0 saturated heterocycles. The van der Waals surface area contributed by atoms with E-state index in [1.807, 2.05) is 0 Å². The number of pyridine rings is 1. The van der Waals surface area contributed by atoms with Crippen LogP contribution >= 0.6 is 11.6 Å². The Balaban J connectivity index is 1.59. The lowest BCUT2D eigenvalue weighted by Crippen LogP contribution is -2.22. The minimum Gasteiger partial charge on any atom is -0.379 e. The third kappa shape index (κ3) is 3.59. The van der Waals surface area contributed by atoms with Gasteiger partial charge in [0.05, 0.1) is 34.4 Å². The SMILES string of the molecule is O=C(Nc1cn2cc(-c3c(Cl)c(F)c(C(O)C(F)(F)F)c4[nH]ncc34)ccc2n1)C1CC1F. The van der Waals surface area contributed by atoms with Gasteiger partial charge < -0.3 is 14.8 Å². The van der Waals surface area contributed by atoms with Crippen LogP contribution in [0.4, 0.5) is 27.8 Å². The first-order chi connectivity index (χ1) is 15.6. The topological polar surface area (TPSA) is 95.3 Å². The van der Waals surface area contributed by atoms with Crippen molar-refractivity contribution in [2.24, 2.45) is 5.92 Å². The smallest absolute Gasteiger partial charge is 0.379 e. The first-order valence-electron chi connectivity index (χ1n) is 9.59. The van der Waals surface area contributed by atoms with Crippen LogP contribution in [0.5, 0.6) is 0 Å². The van der Waals surface area contributed by atoms with Crippen molar-refractivity contribution in [2.75, 3.05) is 5.32 Å². The highest BCUT2D eigenvalue weighted by molar-refractivity contribution is 6.35. The van der Waals surface area contributed by atoms with E-state index in [0.717, 1.165) is 0 Å². The van der Waals surface area contributed by atoms with E-state index in [1.165, 1.54) is 35.1 Å². The summed E-state index contributed by atoms with van der Waals surface area (Å²) < 4.78 is 68.8. The van der Waals surface area contributed by atoms with Crippen LogP contribution in [0, 0.1) is 11.7 Å². The second kappa shape index (κ2) is 7.39. The number of rotatable bonds is 4. The van der Waals surface area contributed by atoms with Crippen molar-refractivity contribution in [1.82, 2.24) is 19.6 Å². The molecule has 3 atom stereocenters. The molecular formula is C20H13ClF5N5O2. The summed E-state index contributed by atoms with van der Waals surface area (Å²) in [4.78, 5) is 16.1. The molecule has 1 aliphatic carbocycles. The molecule has 7 nitrogen and oxygen atoms in total. The third-order valence-corrected chi connectivity index (χ3v) is 5.81. The number of aliphatic hydroxyl groups excluding tert-OH is 1. The Morgan fingerprint density at radius 2 is 2.06 bits per heavy atom. The number of fused-ring (bicyclic) bond motifs is 2. The van der Waals surface area contributed by atoms with Crippen molar-refractivity contribution in [1.29, 1.82) is 0 Å². The number of nitrogens with one attached hydrogen (secondary N) is 2. The lowest BCUT2D eigenvalue weighted by Gasteiger charge is -2.18. The summed E-state index contributed by atoms with van der Waals surface area (Å²) in [7, 11) is 0. The van der Waals surface area contributed by atoms with Crippen molar-refractivity contribution in [3.8, 4) is 11.1 Å². The lowest BCUT2D eigenvalue weighted by molar-refractivity contribution is -0.207. The summed E-state index contributed by atoms with van der Waals surface area (Å²) in [5.74, 6) is -2.45. The van der Waals surface area contributed by atoms with Crippen LogP contribution < -0.4 is 5.32 Å². The molecule has 4 aromatic rings. The number of amides is 1. The Labute approximate surface area is 186 Å². The largest absolute Gasteiger partial charge is 0.418 e. The molecule has 172 valence electrons. The average molecular weight is 486 g/mol. The number of hydrogen-bond donors (Lipinski definition) is 3. The molecule has 1 fully saturated rings. The van der Waals surface area contributed by atoms with Gasteiger partial charge in [0, 0.05) is 22.7 Å². The van der Waals surface area contributed by atoms with Gasteiger partial charge in [0.2, 0.25) is 5.91 Å². The highest BCUT2D eigenvalue weighted by atomic mass is 35.5. The van der Waals surface area contributed by atoms with Crippen LogP contribution in [0.25, 0.3) is 27.7 Å². The molecule has 0 spiro atoms. The Hall–Kier alpha value is -3.25. The van der Waals surface area contributed by atoms with Crippen molar-refractivity contribution in [3.05, 3.63) is 47.1 Å². The first kappa shape index (κ1) is 21.6. The van der Waals surface area contributed by atoms with Gasteiger partial charge in [-0.25, -0.2) is 13.8 Å². The maximum Gasteiger partial charge on any atom is 0.418 e. The standard InChI is InChI=1S/C20H13ClF5N5O2/c21-15-13(9-4-27-30-17(9)14(16(15)23)18(32)20(24,25)26)7-1-2-12-28-11(6-31(12)5-7)29-19(33)8-3-10(8)22/h1-2,4-6,8,10,18,32H,3H2,(H,27,30)(H,29,33). The number of carbonyl (C=O) groups excluding carboxylic acids is 1. The molecular weight excluding hydrogens is 473 g/mol. The first-order valence-corrected chi connectivity index (χ1v) is 9.97. The molecule has 1 saturated carbocycles. The van der Waals surface area contributed by atoms with Gasteiger partial charge in [0.25, 0.3) is 0 Å². The number of aromatic nitrogens is 4. The molecule has 1 amide bonds. The maximum absolute atomic E-state index is 15.0. The quantitative estimate of drug-likeness (QED) is 0.369. The summed E-state index contributed by atoms with van der Waals surface area (Å²) in [6.07, 6.45) is -5.12. The number of carbonyl (C=O) groups is 1. The highest BCUT2D eigenvalue weighted by Crippen LogP contribution is 2.44. The molecule has 0 aliphatic heterocycles. The summed E-state index contributed by atoms with van der Waals surface area (Å²) in [5, 5.41) is 17.6. The van der Waals surface area contributed by atoms with Gasteiger partial charge >= 0.3 is 6.18 Å². The normalized spacial score (nSPS) is 19.2. The summed E-state index contributed by atoms with van der Waals surface area (Å²) in [6, 6.07) is 3.04. The molecule has 0 bridgehead atoms. The molecule has 5 rings (SSSR count). The molecule has 0 radical (unpaired) electrons. The fourth-order valence-corrected chi connectivity index (χ4v) is 4.01. The van der Waals surface area contributed by atoms with Crippen LogP contribution in [-0.2, 0) is 4.79 Å². The van der Waals surface area contributed by atoms with Crippen molar-refractivity contribution < 1.29 is 31.9 Å². The van der Waals surface area contributed by atoms with E-state index in [9.17, 15) is 31.9 Å². The summed E-state index contributed by atoms with van der Waals surface area (Å²) >= 11 is 6.13. The van der Waals surface area contributed by atoms with Crippen LogP contribution in [0.1, 0.15) is 18.1 Å². The van der Waals surface area contributed by atoms with Gasteiger partial charge in [-0.2, -0.15) is 18.3 Å². The van der Waals surface area contributed by atoms with Crippen molar-refractivity contribution >= 4 is 39.9 Å². The zero-order valence-corrected chi connectivity index (χ0v) is 17.0. The molecule has 3 unspecified atom stereocenters. The summed E-state index contributed by atoms with van der Waals surface area (Å²) in [5.41, 5.74) is -0.641. The summed E-state index contributed by atoms with van der Waals surface area (Å²) in [6.45, 7) is 0. The van der Waals surface area contributed by atoms with E-state index in [1.54, 1.807) is 0 Å². The number of imidazole rings is 1. The van der Waals surface area contributed by atoms with Crippen LogP contribution in [-0.4, -0.2) is 42.9 Å². The minimum absolute atomic E-state index is 0.0514. The zero-order chi connectivity index (χ0) is 23.7. The molecule has 1 aliphatic rings. The van der Waals surface area contributed by atoms with E-state index in [0.29, 0.717) is 11.2 Å². The number of H-pyrrole nitrogens is 1. The number of halogens is 6. The van der Waals surface area contributed by atoms with Gasteiger partial charge in [-0.05, 0) is 18.6 Å². The number of benzene rings is 1. The lowest BCUT2D eigenvalue weighted by atomic mass is 9.97. The number of aliphatic hydroxyl groups is 1. The number of alkyl halides is 4. The predicted molar refractivity (Wildman–Crippen MR) is 108 cm³/mol. The maximum atomic E-state index is 15.0. The Bertz CT molecular complexity index is 1420. The second-order valence-corrected chi connectivity index (χ2v) is 8.05. The van der Waals surface area contributed by atoms with E-state index >= 15 is 0 Å². The molecule has 3 N–H and O–H groups in total.